The first-order valence-electron chi connectivity index (χ1n) is 10.6. The molecule has 8 nitrogen and oxygen atoms in total. The van der Waals surface area contributed by atoms with Crippen molar-refractivity contribution >= 4 is 11.3 Å². The van der Waals surface area contributed by atoms with Crippen molar-refractivity contribution in [2.45, 2.75) is 25.4 Å². The van der Waals surface area contributed by atoms with E-state index in [9.17, 15) is 0 Å². The van der Waals surface area contributed by atoms with Gasteiger partial charge in [0.1, 0.15) is 35.2 Å². The number of nitrogen functional groups attached to an aromatic ring is 1. The maximum absolute atomic E-state index is 8.56. The molecule has 2 heterocycles. The number of imidazole rings is 1. The highest BCUT2D eigenvalue weighted by atomic mass is 16.5. The predicted octanol–water partition coefficient (Wildman–Crippen LogP) is 5.36. The summed E-state index contributed by atoms with van der Waals surface area (Å²) in [6.45, 7) is 1.03. The zero-order valence-electron chi connectivity index (χ0n) is 17.5. The van der Waals surface area contributed by atoms with Crippen molar-refractivity contribution in [2.75, 3.05) is 12.3 Å². The molecule has 160 valence electrons. The lowest BCUT2D eigenvalue weighted by Gasteiger charge is -2.33. The van der Waals surface area contributed by atoms with Crippen LogP contribution in [0.15, 0.2) is 72.1 Å². The number of azide groups is 1. The van der Waals surface area contributed by atoms with Crippen molar-refractivity contribution in [3.63, 3.8) is 0 Å². The van der Waals surface area contributed by atoms with Crippen molar-refractivity contribution in [3.05, 3.63) is 88.8 Å². The molecular formula is C24H23N7O. The fourth-order valence-corrected chi connectivity index (χ4v) is 4.30. The molecule has 1 fully saturated rings. The first kappa shape index (κ1) is 19.9. The minimum atomic E-state index is 0.300. The molecule has 0 unspecified atom stereocenters. The molecule has 5 rings (SSSR count). The molecule has 1 saturated carbocycles. The normalized spacial score (nSPS) is 17.5. The van der Waals surface area contributed by atoms with Gasteiger partial charge in [0.05, 0.1) is 0 Å². The van der Waals surface area contributed by atoms with E-state index in [0.29, 0.717) is 30.8 Å². The molecule has 0 saturated heterocycles. The summed E-state index contributed by atoms with van der Waals surface area (Å²) in [4.78, 5) is 12.2. The van der Waals surface area contributed by atoms with Gasteiger partial charge in [-0.2, -0.15) is 0 Å². The van der Waals surface area contributed by atoms with Crippen LogP contribution >= 0.6 is 0 Å². The van der Waals surface area contributed by atoms with Crippen LogP contribution in [-0.4, -0.2) is 20.9 Å². The van der Waals surface area contributed by atoms with E-state index in [1.165, 1.54) is 0 Å². The third-order valence-corrected chi connectivity index (χ3v) is 5.97. The molecule has 0 amide bonds. The third-order valence-electron chi connectivity index (χ3n) is 5.97. The van der Waals surface area contributed by atoms with Crippen molar-refractivity contribution in [1.29, 1.82) is 0 Å². The number of rotatable bonds is 7. The predicted molar refractivity (Wildman–Crippen MR) is 123 cm³/mol. The zero-order chi connectivity index (χ0) is 21.9. The number of nitrogens with two attached hydrogens (primary N) is 1. The van der Waals surface area contributed by atoms with Crippen molar-refractivity contribution in [3.8, 4) is 17.0 Å². The molecule has 1 aliphatic rings. The maximum atomic E-state index is 8.56. The average Bonchev–Trinajstić information content (AvgIpc) is 3.18. The summed E-state index contributed by atoms with van der Waals surface area (Å²) in [5, 5.41) is 3.71. The Labute approximate surface area is 185 Å². The Hall–Kier alpha value is -4.03. The summed E-state index contributed by atoms with van der Waals surface area (Å²) in [7, 11) is 0. The molecule has 32 heavy (non-hydrogen) atoms. The minimum Gasteiger partial charge on any atom is -0.489 e. The number of nitrogens with zero attached hydrogens (tertiary/aromatic N) is 6. The van der Waals surface area contributed by atoms with E-state index in [0.717, 1.165) is 46.8 Å². The van der Waals surface area contributed by atoms with Gasteiger partial charge in [0.25, 0.3) is 0 Å². The van der Waals surface area contributed by atoms with Crippen molar-refractivity contribution in [2.24, 2.45) is 11.0 Å². The fraction of sp³-hybridized carbons (Fsp3) is 0.250. The Kier molecular flexibility index (Phi) is 5.35. The van der Waals surface area contributed by atoms with Gasteiger partial charge < -0.3 is 10.5 Å². The van der Waals surface area contributed by atoms with Gasteiger partial charge in [0, 0.05) is 35.3 Å². The van der Waals surface area contributed by atoms with Crippen LogP contribution < -0.4 is 10.5 Å². The molecule has 1 aliphatic carbocycles. The smallest absolute Gasteiger partial charge is 0.150 e. The van der Waals surface area contributed by atoms with Gasteiger partial charge in [-0.05, 0) is 42.0 Å². The highest BCUT2D eigenvalue weighted by molar-refractivity contribution is 5.85. The first-order chi connectivity index (χ1) is 15.7. The monoisotopic (exact) mass is 425 g/mol. The molecule has 2 N–H and O–H groups in total. The number of hydrogen-bond acceptors (Lipinski definition) is 5. The standard InChI is InChI=1S/C24H23N7O/c25-23-22-21(18-7-4-8-20(13-18)32-15-16-5-2-1-3-6-16)29-24(31(22)10-9-27-23)19-11-17(12-19)14-28-30-26/h1-10,13,17,19H,11-12,14-15H2,(H2,25,27). The van der Waals surface area contributed by atoms with Gasteiger partial charge in [0.15, 0.2) is 0 Å². The van der Waals surface area contributed by atoms with E-state index in [4.69, 9.17) is 21.0 Å². The van der Waals surface area contributed by atoms with Crippen LogP contribution in [0, 0.1) is 5.92 Å². The van der Waals surface area contributed by atoms with Crippen molar-refractivity contribution in [1.82, 2.24) is 14.4 Å². The van der Waals surface area contributed by atoms with E-state index in [2.05, 4.69) is 15.0 Å². The minimum absolute atomic E-state index is 0.300. The lowest BCUT2D eigenvalue weighted by atomic mass is 9.74. The Morgan fingerprint density at radius 2 is 2.00 bits per heavy atom. The number of hydrogen-bond donors (Lipinski definition) is 1. The van der Waals surface area contributed by atoms with E-state index < -0.39 is 0 Å². The van der Waals surface area contributed by atoms with Gasteiger partial charge in [-0.15, -0.1) is 0 Å². The van der Waals surface area contributed by atoms with E-state index >= 15 is 0 Å². The summed E-state index contributed by atoms with van der Waals surface area (Å²) in [5.74, 6) is 2.89. The van der Waals surface area contributed by atoms with Crippen LogP contribution in [0.3, 0.4) is 0 Å². The van der Waals surface area contributed by atoms with Crippen LogP contribution in [0.1, 0.15) is 30.1 Å². The van der Waals surface area contributed by atoms with Crippen LogP contribution in [-0.2, 0) is 6.61 Å². The molecular weight excluding hydrogens is 402 g/mol. The van der Waals surface area contributed by atoms with Gasteiger partial charge >= 0.3 is 0 Å². The third kappa shape index (κ3) is 3.84. The summed E-state index contributed by atoms with van der Waals surface area (Å²) >= 11 is 0. The summed E-state index contributed by atoms with van der Waals surface area (Å²) in [6, 6.07) is 18.0. The molecule has 8 heteroatoms. The number of benzene rings is 2. The topological polar surface area (TPSA) is 114 Å². The Morgan fingerprint density at radius 3 is 2.81 bits per heavy atom. The molecule has 2 aromatic heterocycles. The van der Waals surface area contributed by atoms with E-state index in [1.807, 2.05) is 65.2 Å². The van der Waals surface area contributed by atoms with Crippen LogP contribution in [0.2, 0.25) is 0 Å². The second kappa shape index (κ2) is 8.61. The second-order valence-electron chi connectivity index (χ2n) is 8.10. The van der Waals surface area contributed by atoms with Gasteiger partial charge in [-0.25, -0.2) is 9.97 Å². The molecule has 0 bridgehead atoms. The second-order valence-corrected chi connectivity index (χ2v) is 8.10. The molecule has 0 radical (unpaired) electrons. The maximum Gasteiger partial charge on any atom is 0.150 e. The molecule has 2 aromatic carbocycles. The van der Waals surface area contributed by atoms with Gasteiger partial charge in [-0.3, -0.25) is 4.40 Å². The molecule has 0 spiro atoms. The van der Waals surface area contributed by atoms with Crippen LogP contribution in [0.4, 0.5) is 5.82 Å². The fourth-order valence-electron chi connectivity index (χ4n) is 4.30. The summed E-state index contributed by atoms with van der Waals surface area (Å²) in [5.41, 5.74) is 18.5. The Morgan fingerprint density at radius 1 is 1.16 bits per heavy atom. The lowest BCUT2D eigenvalue weighted by molar-refractivity contribution is 0.262. The zero-order valence-corrected chi connectivity index (χ0v) is 17.5. The van der Waals surface area contributed by atoms with Gasteiger partial charge in [-0.1, -0.05) is 47.6 Å². The number of aromatic nitrogens is 3. The summed E-state index contributed by atoms with van der Waals surface area (Å²) in [6.07, 6.45) is 5.50. The molecule has 0 atom stereocenters. The first-order valence-corrected chi connectivity index (χ1v) is 10.6. The van der Waals surface area contributed by atoms with Crippen LogP contribution in [0.5, 0.6) is 5.75 Å². The quantitative estimate of drug-likeness (QED) is 0.244. The van der Waals surface area contributed by atoms with E-state index in [-0.39, 0.29) is 0 Å². The highest BCUT2D eigenvalue weighted by Gasteiger charge is 2.33. The van der Waals surface area contributed by atoms with Gasteiger partial charge in [0.2, 0.25) is 0 Å². The lowest BCUT2D eigenvalue weighted by Crippen LogP contribution is -2.25. The number of anilines is 1. The highest BCUT2D eigenvalue weighted by Crippen LogP contribution is 2.43. The molecule has 0 aliphatic heterocycles. The van der Waals surface area contributed by atoms with Crippen LogP contribution in [0.25, 0.3) is 27.2 Å². The summed E-state index contributed by atoms with van der Waals surface area (Å²) < 4.78 is 8.06. The van der Waals surface area contributed by atoms with Crippen molar-refractivity contribution < 1.29 is 4.74 Å². The Bertz CT molecular complexity index is 1290. The largest absolute Gasteiger partial charge is 0.489 e. The number of ether oxygens (including phenoxy) is 1. The number of fused-ring (bicyclic) bond motifs is 1. The Balaban J connectivity index is 1.45. The molecule has 4 aromatic rings. The van der Waals surface area contributed by atoms with E-state index in [1.54, 1.807) is 6.20 Å². The average molecular weight is 425 g/mol. The SMILES string of the molecule is [N-]=[N+]=NCC1CC(c2nc(-c3cccc(OCc4ccccc4)c3)c3c(N)nccn23)C1.